The first-order chi connectivity index (χ1) is 9.40. The van der Waals surface area contributed by atoms with Gasteiger partial charge in [0.1, 0.15) is 4.90 Å². The lowest BCUT2D eigenvalue weighted by Gasteiger charge is -2.09. The number of hydrogen-bond acceptors (Lipinski definition) is 5. The zero-order valence-electron chi connectivity index (χ0n) is 10.2. The highest BCUT2D eigenvalue weighted by Crippen LogP contribution is 2.19. The zero-order chi connectivity index (χ0) is 14.8. The standard InChI is InChI=1S/C11H12N4O4S/c12-9-3-7(11(16)17)1-2-10(9)20(18,19)15-5-8-4-13-6-14-8/h1-4,6,15H,5,12H2,(H,13,14)(H,16,17). The number of carbonyl (C=O) groups is 1. The number of sulfonamides is 1. The second-order valence-electron chi connectivity index (χ2n) is 3.96. The van der Waals surface area contributed by atoms with Crippen molar-refractivity contribution in [3.8, 4) is 0 Å². The number of aromatic nitrogens is 2. The van der Waals surface area contributed by atoms with E-state index >= 15 is 0 Å². The molecule has 0 spiro atoms. The molecule has 0 aliphatic heterocycles. The fraction of sp³-hybridized carbons (Fsp3) is 0.0909. The van der Waals surface area contributed by atoms with Crippen LogP contribution in [0.3, 0.4) is 0 Å². The number of nitrogens with two attached hydrogens (primary N) is 1. The topological polar surface area (TPSA) is 138 Å². The molecule has 1 heterocycles. The lowest BCUT2D eigenvalue weighted by Crippen LogP contribution is -2.24. The Morgan fingerprint density at radius 3 is 2.75 bits per heavy atom. The molecule has 1 aromatic carbocycles. The summed E-state index contributed by atoms with van der Waals surface area (Å²) in [5.74, 6) is -1.17. The number of nitrogen functional groups attached to an aromatic ring is 1. The number of aromatic amines is 1. The van der Waals surface area contributed by atoms with Crippen LogP contribution in [0.4, 0.5) is 5.69 Å². The highest BCUT2D eigenvalue weighted by atomic mass is 32.2. The Balaban J connectivity index is 2.23. The molecule has 9 heteroatoms. The molecule has 0 aliphatic rings. The molecule has 0 bridgehead atoms. The summed E-state index contributed by atoms with van der Waals surface area (Å²) in [7, 11) is -3.83. The molecular weight excluding hydrogens is 284 g/mol. The van der Waals surface area contributed by atoms with Crippen LogP contribution >= 0.6 is 0 Å². The van der Waals surface area contributed by atoms with Crippen molar-refractivity contribution in [1.82, 2.24) is 14.7 Å². The molecular formula is C11H12N4O4S. The van der Waals surface area contributed by atoms with Crippen molar-refractivity contribution in [1.29, 1.82) is 0 Å². The molecule has 20 heavy (non-hydrogen) atoms. The number of nitrogens with one attached hydrogen (secondary N) is 2. The van der Waals surface area contributed by atoms with Crippen molar-refractivity contribution in [3.63, 3.8) is 0 Å². The lowest BCUT2D eigenvalue weighted by atomic mass is 10.2. The first-order valence-electron chi connectivity index (χ1n) is 5.50. The van der Waals surface area contributed by atoms with Crippen LogP contribution < -0.4 is 10.5 Å². The van der Waals surface area contributed by atoms with Gasteiger partial charge in [0.2, 0.25) is 10.0 Å². The first-order valence-corrected chi connectivity index (χ1v) is 6.98. The maximum Gasteiger partial charge on any atom is 0.335 e. The molecule has 2 aromatic rings. The van der Waals surface area contributed by atoms with Crippen molar-refractivity contribution in [2.24, 2.45) is 0 Å². The molecule has 5 N–H and O–H groups in total. The van der Waals surface area contributed by atoms with Gasteiger partial charge in [-0.25, -0.2) is 22.9 Å². The van der Waals surface area contributed by atoms with Gasteiger partial charge in [-0.3, -0.25) is 0 Å². The Bertz CT molecular complexity index is 725. The average molecular weight is 296 g/mol. The zero-order valence-corrected chi connectivity index (χ0v) is 11.0. The van der Waals surface area contributed by atoms with Crippen LogP contribution in [0.2, 0.25) is 0 Å². The minimum atomic E-state index is -3.83. The molecule has 0 atom stereocenters. The van der Waals surface area contributed by atoms with Gasteiger partial charge in [0, 0.05) is 11.9 Å². The van der Waals surface area contributed by atoms with Gasteiger partial charge in [-0.2, -0.15) is 0 Å². The lowest BCUT2D eigenvalue weighted by molar-refractivity contribution is 0.0697. The number of nitrogens with zero attached hydrogens (tertiary/aromatic N) is 1. The van der Waals surface area contributed by atoms with Gasteiger partial charge >= 0.3 is 5.97 Å². The van der Waals surface area contributed by atoms with Gasteiger partial charge in [0.15, 0.2) is 0 Å². The normalized spacial score (nSPS) is 11.4. The quantitative estimate of drug-likeness (QED) is 0.580. The Hall–Kier alpha value is -2.39. The highest BCUT2D eigenvalue weighted by molar-refractivity contribution is 7.89. The highest BCUT2D eigenvalue weighted by Gasteiger charge is 2.18. The molecule has 0 aliphatic carbocycles. The number of carboxylic acid groups (broad SMARTS) is 1. The molecule has 2 rings (SSSR count). The predicted octanol–water partition coefficient (Wildman–Crippen LogP) is 0.169. The van der Waals surface area contributed by atoms with Crippen LogP contribution in [-0.4, -0.2) is 29.5 Å². The van der Waals surface area contributed by atoms with E-state index < -0.39 is 16.0 Å². The van der Waals surface area contributed by atoms with E-state index in [0.717, 1.165) is 12.1 Å². The van der Waals surface area contributed by atoms with E-state index in [1.54, 1.807) is 0 Å². The summed E-state index contributed by atoms with van der Waals surface area (Å²) in [4.78, 5) is 17.1. The van der Waals surface area contributed by atoms with Gasteiger partial charge in [0.05, 0.1) is 24.1 Å². The number of anilines is 1. The predicted molar refractivity (Wildman–Crippen MR) is 70.4 cm³/mol. The van der Waals surface area contributed by atoms with Gasteiger partial charge < -0.3 is 15.8 Å². The van der Waals surface area contributed by atoms with Crippen molar-refractivity contribution < 1.29 is 18.3 Å². The molecule has 0 radical (unpaired) electrons. The number of aromatic carboxylic acids is 1. The molecule has 1 aromatic heterocycles. The van der Waals surface area contributed by atoms with Crippen molar-refractivity contribution in [3.05, 3.63) is 42.0 Å². The minimum absolute atomic E-state index is 0.0302. The van der Waals surface area contributed by atoms with Crippen molar-refractivity contribution in [2.75, 3.05) is 5.73 Å². The number of rotatable bonds is 5. The van der Waals surface area contributed by atoms with E-state index in [1.807, 2.05) is 0 Å². The van der Waals surface area contributed by atoms with Crippen molar-refractivity contribution in [2.45, 2.75) is 11.4 Å². The summed E-state index contributed by atoms with van der Waals surface area (Å²) in [6.07, 6.45) is 2.92. The maximum absolute atomic E-state index is 12.1. The second-order valence-corrected chi connectivity index (χ2v) is 5.69. The summed E-state index contributed by atoms with van der Waals surface area (Å²) in [5.41, 5.74) is 5.99. The van der Waals surface area contributed by atoms with Crippen LogP contribution in [-0.2, 0) is 16.6 Å². The third-order valence-corrected chi connectivity index (χ3v) is 4.03. The second kappa shape index (κ2) is 5.31. The summed E-state index contributed by atoms with van der Waals surface area (Å²) in [5, 5.41) is 8.80. The number of imidazole rings is 1. The van der Waals surface area contributed by atoms with Gasteiger partial charge in [-0.1, -0.05) is 0 Å². The Kier molecular flexibility index (Phi) is 3.72. The Morgan fingerprint density at radius 2 is 2.20 bits per heavy atom. The molecule has 0 amide bonds. The van der Waals surface area contributed by atoms with Crippen LogP contribution in [0.25, 0.3) is 0 Å². The maximum atomic E-state index is 12.1. The molecule has 106 valence electrons. The van der Waals surface area contributed by atoms with E-state index in [2.05, 4.69) is 14.7 Å². The number of hydrogen-bond donors (Lipinski definition) is 4. The van der Waals surface area contributed by atoms with E-state index in [-0.39, 0.29) is 22.7 Å². The van der Waals surface area contributed by atoms with Crippen molar-refractivity contribution >= 4 is 21.7 Å². The SMILES string of the molecule is Nc1cc(C(=O)O)ccc1S(=O)(=O)NCc1cnc[nH]1. The third kappa shape index (κ3) is 2.95. The fourth-order valence-electron chi connectivity index (χ4n) is 1.56. The van der Waals surface area contributed by atoms with Crippen LogP contribution in [0.15, 0.2) is 35.6 Å². The Morgan fingerprint density at radius 1 is 1.45 bits per heavy atom. The van der Waals surface area contributed by atoms with Gasteiger partial charge in [-0.05, 0) is 18.2 Å². The van der Waals surface area contributed by atoms with E-state index in [4.69, 9.17) is 10.8 Å². The molecule has 0 fully saturated rings. The molecule has 8 nitrogen and oxygen atoms in total. The largest absolute Gasteiger partial charge is 0.478 e. The van der Waals surface area contributed by atoms with E-state index in [1.165, 1.54) is 18.6 Å². The monoisotopic (exact) mass is 296 g/mol. The number of carboxylic acids is 1. The van der Waals surface area contributed by atoms with Crippen LogP contribution in [0.1, 0.15) is 16.1 Å². The minimum Gasteiger partial charge on any atom is -0.478 e. The summed E-state index contributed by atoms with van der Waals surface area (Å²) >= 11 is 0. The fourth-order valence-corrected chi connectivity index (χ4v) is 2.68. The summed E-state index contributed by atoms with van der Waals surface area (Å²) in [6.45, 7) is 0.0302. The summed E-state index contributed by atoms with van der Waals surface area (Å²) < 4.78 is 26.5. The molecule has 0 saturated carbocycles. The summed E-state index contributed by atoms with van der Waals surface area (Å²) in [6, 6.07) is 3.45. The van der Waals surface area contributed by atoms with E-state index in [9.17, 15) is 13.2 Å². The molecule has 0 unspecified atom stereocenters. The third-order valence-electron chi connectivity index (χ3n) is 2.55. The number of H-pyrrole nitrogens is 1. The van der Waals surface area contributed by atoms with Crippen LogP contribution in [0, 0.1) is 0 Å². The van der Waals surface area contributed by atoms with Crippen LogP contribution in [0.5, 0.6) is 0 Å². The van der Waals surface area contributed by atoms with Gasteiger partial charge in [0.25, 0.3) is 0 Å². The average Bonchev–Trinajstić information content (AvgIpc) is 2.89. The Labute approximate surface area is 114 Å². The van der Waals surface area contributed by atoms with Gasteiger partial charge in [-0.15, -0.1) is 0 Å². The first kappa shape index (κ1) is 14.0. The van der Waals surface area contributed by atoms with E-state index in [0.29, 0.717) is 5.69 Å². The smallest absolute Gasteiger partial charge is 0.335 e. The molecule has 0 saturated heterocycles. The number of benzene rings is 1.